The average Bonchev–Trinajstić information content (AvgIpc) is 3.04. The fourth-order valence-corrected chi connectivity index (χ4v) is 6.47. The van der Waals surface area contributed by atoms with Crippen molar-refractivity contribution in [3.05, 3.63) is 13.8 Å². The van der Waals surface area contributed by atoms with E-state index in [0.29, 0.717) is 0 Å². The van der Waals surface area contributed by atoms with Gasteiger partial charge in [-0.3, -0.25) is 0 Å². The van der Waals surface area contributed by atoms with Crippen molar-refractivity contribution >= 4 is 0 Å². The molecule has 0 aliphatic rings. The fraction of sp³-hybridized carbons (Fsp3) is 0.953. The van der Waals surface area contributed by atoms with Gasteiger partial charge in [0.05, 0.1) is 0 Å². The maximum atomic E-state index is 3.92. The molecule has 0 unspecified atom stereocenters. The van der Waals surface area contributed by atoms with E-state index in [1.165, 1.54) is 225 Å². The molecular formula is C43H89KN-. The normalized spacial score (nSPS) is 11.1. The standard InChI is InChI=1S/C34H70N.C9H19.K/c1-4-7-10-13-19-24-29-34(30-25-20-14-11-8-5-2)31-26-21-17-15-16-18-23-28-33-35-32-27-22-12-9-6-3;1-3-5-7-9-8-6-4-2;/h34-35H,3-33H2,1-2H3;1,3-9H2,2H3;/q2*-1;+1. The largest absolute Gasteiger partial charge is 1.00 e. The molecule has 0 radical (unpaired) electrons. The Morgan fingerprint density at radius 3 is 0.867 bits per heavy atom. The molecule has 0 amide bonds. The SMILES string of the molecule is [CH2-]CCCCCCCC.[CH2-]CCCCCCNCCCCCCCCCCC(CCCCCCCC)CCCCCCCC.[K+]. The first-order valence-corrected chi connectivity index (χ1v) is 21.1. The van der Waals surface area contributed by atoms with E-state index < -0.39 is 0 Å². The van der Waals surface area contributed by atoms with Crippen LogP contribution in [0.5, 0.6) is 0 Å². The maximum Gasteiger partial charge on any atom is 1.00 e. The molecule has 0 bridgehead atoms. The summed E-state index contributed by atoms with van der Waals surface area (Å²) in [4.78, 5) is 0. The third kappa shape index (κ3) is 50.1. The minimum absolute atomic E-state index is 0. The third-order valence-electron chi connectivity index (χ3n) is 9.60. The second-order valence-corrected chi connectivity index (χ2v) is 14.2. The van der Waals surface area contributed by atoms with Crippen molar-refractivity contribution in [1.29, 1.82) is 0 Å². The number of rotatable bonds is 37. The predicted molar refractivity (Wildman–Crippen MR) is 206 cm³/mol. The van der Waals surface area contributed by atoms with E-state index in [1.807, 2.05) is 0 Å². The molecular weight excluding hydrogens is 570 g/mol. The molecule has 1 N–H and O–H groups in total. The van der Waals surface area contributed by atoms with Crippen LogP contribution in [0.1, 0.15) is 245 Å². The predicted octanol–water partition coefficient (Wildman–Crippen LogP) is 12.6. The summed E-state index contributed by atoms with van der Waals surface area (Å²) in [6.45, 7) is 17.1. The Bertz CT molecular complexity index is 431. The molecule has 0 saturated heterocycles. The van der Waals surface area contributed by atoms with Crippen molar-refractivity contribution in [2.75, 3.05) is 13.1 Å². The van der Waals surface area contributed by atoms with Gasteiger partial charge in [-0.15, -0.1) is 0 Å². The molecule has 0 aliphatic heterocycles. The van der Waals surface area contributed by atoms with Crippen molar-refractivity contribution < 1.29 is 51.4 Å². The van der Waals surface area contributed by atoms with Crippen LogP contribution in [0.2, 0.25) is 0 Å². The third-order valence-corrected chi connectivity index (χ3v) is 9.60. The number of unbranched alkanes of at least 4 members (excludes halogenated alkanes) is 27. The van der Waals surface area contributed by atoms with Gasteiger partial charge in [-0.2, -0.15) is 12.8 Å². The van der Waals surface area contributed by atoms with E-state index in [0.717, 1.165) is 18.8 Å². The molecule has 0 aliphatic carbocycles. The van der Waals surface area contributed by atoms with E-state index in [-0.39, 0.29) is 51.4 Å². The summed E-state index contributed by atoms with van der Waals surface area (Å²) < 4.78 is 0. The van der Waals surface area contributed by atoms with Gasteiger partial charge in [-0.1, -0.05) is 220 Å². The maximum absolute atomic E-state index is 3.92. The Labute approximate surface area is 332 Å². The number of hydrogen-bond donors (Lipinski definition) is 1. The van der Waals surface area contributed by atoms with Crippen LogP contribution in [0.4, 0.5) is 0 Å². The van der Waals surface area contributed by atoms with Crippen LogP contribution in [0, 0.1) is 19.8 Å². The summed E-state index contributed by atoms with van der Waals surface area (Å²) in [5.41, 5.74) is 0. The van der Waals surface area contributed by atoms with Gasteiger partial charge >= 0.3 is 51.4 Å². The molecule has 0 saturated carbocycles. The molecule has 268 valence electrons. The van der Waals surface area contributed by atoms with Crippen LogP contribution < -0.4 is 56.7 Å². The van der Waals surface area contributed by atoms with Crippen molar-refractivity contribution in [3.63, 3.8) is 0 Å². The van der Waals surface area contributed by atoms with Crippen molar-refractivity contribution in [3.8, 4) is 0 Å². The molecule has 2 heteroatoms. The molecule has 0 spiro atoms. The molecule has 0 aromatic rings. The number of nitrogens with one attached hydrogen (secondary N) is 1. The second kappa shape index (κ2) is 50.0. The van der Waals surface area contributed by atoms with E-state index in [4.69, 9.17) is 0 Å². The minimum Gasteiger partial charge on any atom is -0.343 e. The van der Waals surface area contributed by atoms with Crippen molar-refractivity contribution in [2.45, 2.75) is 245 Å². The van der Waals surface area contributed by atoms with E-state index in [1.54, 1.807) is 0 Å². The van der Waals surface area contributed by atoms with Crippen molar-refractivity contribution in [2.24, 2.45) is 5.92 Å². The summed E-state index contributed by atoms with van der Waals surface area (Å²) in [7, 11) is 0. The summed E-state index contributed by atoms with van der Waals surface area (Å²) in [6, 6.07) is 0. The quantitative estimate of drug-likeness (QED) is 0.0398. The van der Waals surface area contributed by atoms with Gasteiger partial charge in [0.25, 0.3) is 0 Å². The Balaban J connectivity index is -0.00000152. The van der Waals surface area contributed by atoms with Crippen LogP contribution in [0.3, 0.4) is 0 Å². The fourth-order valence-electron chi connectivity index (χ4n) is 6.47. The summed E-state index contributed by atoms with van der Waals surface area (Å²) in [5, 5.41) is 3.63. The van der Waals surface area contributed by atoms with Gasteiger partial charge in [0.2, 0.25) is 0 Å². The summed E-state index contributed by atoms with van der Waals surface area (Å²) in [5.74, 6) is 1.03. The van der Waals surface area contributed by atoms with Gasteiger partial charge in [0.15, 0.2) is 0 Å². The van der Waals surface area contributed by atoms with Crippen LogP contribution >= 0.6 is 0 Å². The first-order chi connectivity index (χ1) is 21.8. The molecule has 45 heavy (non-hydrogen) atoms. The van der Waals surface area contributed by atoms with Gasteiger partial charge < -0.3 is 19.2 Å². The van der Waals surface area contributed by atoms with E-state index in [2.05, 4.69) is 39.9 Å². The molecule has 0 atom stereocenters. The van der Waals surface area contributed by atoms with Crippen LogP contribution in [-0.2, 0) is 0 Å². The average molecular weight is 659 g/mol. The molecule has 0 fully saturated rings. The first kappa shape index (κ1) is 51.0. The second-order valence-electron chi connectivity index (χ2n) is 14.2. The Morgan fingerprint density at radius 1 is 0.333 bits per heavy atom. The minimum atomic E-state index is 0. The zero-order chi connectivity index (χ0) is 32.4. The molecule has 0 heterocycles. The first-order valence-electron chi connectivity index (χ1n) is 21.1. The van der Waals surface area contributed by atoms with Gasteiger partial charge in [0.1, 0.15) is 0 Å². The van der Waals surface area contributed by atoms with Crippen LogP contribution in [0.25, 0.3) is 0 Å². The summed E-state index contributed by atoms with van der Waals surface area (Å²) in [6.07, 6.45) is 49.6. The molecule has 1 nitrogen and oxygen atoms in total. The molecule has 0 rings (SSSR count). The Hall–Kier alpha value is 1.60. The topological polar surface area (TPSA) is 12.0 Å². The Morgan fingerprint density at radius 2 is 0.578 bits per heavy atom. The zero-order valence-corrected chi connectivity index (χ0v) is 35.8. The van der Waals surface area contributed by atoms with Gasteiger partial charge in [0, 0.05) is 0 Å². The van der Waals surface area contributed by atoms with E-state index in [9.17, 15) is 0 Å². The zero-order valence-electron chi connectivity index (χ0n) is 32.7. The van der Waals surface area contributed by atoms with Crippen LogP contribution in [0.15, 0.2) is 0 Å². The summed E-state index contributed by atoms with van der Waals surface area (Å²) >= 11 is 0. The van der Waals surface area contributed by atoms with E-state index >= 15 is 0 Å². The van der Waals surface area contributed by atoms with Crippen molar-refractivity contribution in [1.82, 2.24) is 5.32 Å². The Kier molecular flexibility index (Phi) is 56.6. The molecule has 0 aromatic heterocycles. The molecule has 0 aromatic carbocycles. The number of hydrogen-bond acceptors (Lipinski definition) is 1. The van der Waals surface area contributed by atoms with Crippen LogP contribution in [-0.4, -0.2) is 13.1 Å². The van der Waals surface area contributed by atoms with Gasteiger partial charge in [-0.05, 0) is 31.8 Å². The monoisotopic (exact) mass is 659 g/mol. The smallest absolute Gasteiger partial charge is 0.343 e. The van der Waals surface area contributed by atoms with Gasteiger partial charge in [-0.25, -0.2) is 0 Å².